The number of rotatable bonds is 5. The number of aliphatic hydroxyl groups is 1. The fourth-order valence-corrected chi connectivity index (χ4v) is 2.95. The lowest BCUT2D eigenvalue weighted by Gasteiger charge is -2.27. The van der Waals surface area contributed by atoms with Crippen LogP contribution < -0.4 is 11.2 Å². The van der Waals surface area contributed by atoms with E-state index in [1.807, 2.05) is 6.07 Å². The molecule has 7 nitrogen and oxygen atoms in total. The van der Waals surface area contributed by atoms with Crippen molar-refractivity contribution in [2.75, 3.05) is 39.5 Å². The number of fused-ring (bicyclic) bond motifs is 1. The molecule has 0 unspecified atom stereocenters. The maximum absolute atomic E-state index is 12.6. The highest BCUT2D eigenvalue weighted by Crippen LogP contribution is 2.08. The molecular formula is C16H22ClN3O4. The van der Waals surface area contributed by atoms with Crippen LogP contribution in [-0.4, -0.2) is 58.6 Å². The van der Waals surface area contributed by atoms with Crippen LogP contribution in [0.2, 0.25) is 0 Å². The Morgan fingerprint density at radius 2 is 1.71 bits per heavy atom. The van der Waals surface area contributed by atoms with Gasteiger partial charge in [0.2, 0.25) is 0 Å². The number of ether oxygens (including phenoxy) is 1. The maximum atomic E-state index is 12.6. The molecule has 0 atom stereocenters. The van der Waals surface area contributed by atoms with E-state index in [-0.39, 0.29) is 36.8 Å². The smallest absolute Gasteiger partial charge is 0.331 e. The van der Waals surface area contributed by atoms with E-state index in [4.69, 9.17) is 9.84 Å². The van der Waals surface area contributed by atoms with E-state index < -0.39 is 0 Å². The van der Waals surface area contributed by atoms with Crippen molar-refractivity contribution in [2.24, 2.45) is 0 Å². The number of benzene rings is 1. The molecule has 24 heavy (non-hydrogen) atoms. The predicted molar refractivity (Wildman–Crippen MR) is 94.1 cm³/mol. The number of para-hydroxylation sites is 1. The third kappa shape index (κ3) is 3.70. The van der Waals surface area contributed by atoms with Crippen LogP contribution in [0.3, 0.4) is 0 Å². The minimum absolute atomic E-state index is 0. The molecule has 1 saturated heterocycles. The van der Waals surface area contributed by atoms with E-state index >= 15 is 0 Å². The first-order chi connectivity index (χ1) is 11.2. The van der Waals surface area contributed by atoms with Gasteiger partial charge >= 0.3 is 5.69 Å². The molecule has 8 heteroatoms. The van der Waals surface area contributed by atoms with Gasteiger partial charge in [0.15, 0.2) is 0 Å². The molecule has 2 aromatic rings. The molecule has 132 valence electrons. The van der Waals surface area contributed by atoms with Crippen molar-refractivity contribution < 1.29 is 9.84 Å². The van der Waals surface area contributed by atoms with Crippen molar-refractivity contribution in [3.8, 4) is 0 Å². The second kappa shape index (κ2) is 8.43. The minimum Gasteiger partial charge on any atom is -0.395 e. The number of halogens is 1. The van der Waals surface area contributed by atoms with Crippen molar-refractivity contribution in [1.82, 2.24) is 14.0 Å². The number of aromatic nitrogens is 2. The van der Waals surface area contributed by atoms with Gasteiger partial charge in [0, 0.05) is 26.2 Å². The molecule has 0 radical (unpaired) electrons. The zero-order chi connectivity index (χ0) is 16.2. The molecule has 1 N–H and O–H groups in total. The highest BCUT2D eigenvalue weighted by Gasteiger charge is 2.15. The molecule has 1 fully saturated rings. The summed E-state index contributed by atoms with van der Waals surface area (Å²) in [5.41, 5.74) is -0.0665. The van der Waals surface area contributed by atoms with Crippen LogP contribution in [-0.2, 0) is 17.8 Å². The third-order valence-corrected chi connectivity index (χ3v) is 4.20. The zero-order valence-electron chi connectivity index (χ0n) is 13.4. The summed E-state index contributed by atoms with van der Waals surface area (Å²) in [7, 11) is 0. The van der Waals surface area contributed by atoms with Crippen LogP contribution in [0.1, 0.15) is 0 Å². The van der Waals surface area contributed by atoms with E-state index in [0.29, 0.717) is 30.7 Å². The van der Waals surface area contributed by atoms with E-state index in [2.05, 4.69) is 4.90 Å². The molecule has 3 rings (SSSR count). The maximum Gasteiger partial charge on any atom is 0.331 e. The molecule has 1 aliphatic heterocycles. The first-order valence-electron chi connectivity index (χ1n) is 7.85. The molecule has 0 spiro atoms. The summed E-state index contributed by atoms with van der Waals surface area (Å²) in [6, 6.07) is 7.11. The first kappa shape index (κ1) is 18.7. The Morgan fingerprint density at radius 3 is 2.42 bits per heavy atom. The van der Waals surface area contributed by atoms with Crippen molar-refractivity contribution in [2.45, 2.75) is 13.1 Å². The molecule has 2 heterocycles. The number of aliphatic hydroxyl groups excluding tert-OH is 1. The van der Waals surface area contributed by atoms with Crippen molar-refractivity contribution >= 4 is 23.3 Å². The number of hydrogen-bond acceptors (Lipinski definition) is 5. The Kier molecular flexibility index (Phi) is 6.56. The van der Waals surface area contributed by atoms with E-state index in [1.54, 1.807) is 22.8 Å². The van der Waals surface area contributed by atoms with Crippen LogP contribution in [0.5, 0.6) is 0 Å². The van der Waals surface area contributed by atoms with Crippen LogP contribution >= 0.6 is 12.4 Å². The van der Waals surface area contributed by atoms with Crippen LogP contribution in [0.25, 0.3) is 10.9 Å². The highest BCUT2D eigenvalue weighted by atomic mass is 35.5. The van der Waals surface area contributed by atoms with Gasteiger partial charge in [-0.15, -0.1) is 12.4 Å². The zero-order valence-corrected chi connectivity index (χ0v) is 14.2. The lowest BCUT2D eigenvalue weighted by atomic mass is 10.2. The number of hydrogen-bond donors (Lipinski definition) is 1. The van der Waals surface area contributed by atoms with Crippen molar-refractivity contribution in [3.63, 3.8) is 0 Å². The Hall–Kier alpha value is -1.67. The van der Waals surface area contributed by atoms with Crippen molar-refractivity contribution in [1.29, 1.82) is 0 Å². The average Bonchev–Trinajstić information content (AvgIpc) is 2.59. The third-order valence-electron chi connectivity index (χ3n) is 4.20. The summed E-state index contributed by atoms with van der Waals surface area (Å²) in [6.07, 6.45) is 0. The standard InChI is InChI=1S/C16H21N3O4.ClH/c20-10-7-19-15(21)13-3-1-2-4-14(13)18(16(19)22)6-5-17-8-11-23-12-9-17;/h1-4,20H,5-12H2;1H. The van der Waals surface area contributed by atoms with E-state index in [0.717, 1.165) is 24.2 Å². The van der Waals surface area contributed by atoms with Gasteiger partial charge < -0.3 is 9.84 Å². The Morgan fingerprint density at radius 1 is 1.00 bits per heavy atom. The summed E-state index contributed by atoms with van der Waals surface area (Å²) < 4.78 is 8.07. The van der Waals surface area contributed by atoms with Gasteiger partial charge in [-0.2, -0.15) is 0 Å². The summed E-state index contributed by atoms with van der Waals surface area (Å²) >= 11 is 0. The highest BCUT2D eigenvalue weighted by molar-refractivity contribution is 5.85. The second-order valence-electron chi connectivity index (χ2n) is 5.59. The fourth-order valence-electron chi connectivity index (χ4n) is 2.95. The normalized spacial score (nSPS) is 15.4. The molecule has 1 aliphatic rings. The molecule has 1 aromatic carbocycles. The first-order valence-corrected chi connectivity index (χ1v) is 7.85. The lowest BCUT2D eigenvalue weighted by molar-refractivity contribution is 0.0363. The van der Waals surface area contributed by atoms with Crippen LogP contribution in [0.4, 0.5) is 0 Å². The Bertz CT molecular complexity index is 796. The van der Waals surface area contributed by atoms with Gasteiger partial charge in [0.05, 0.1) is 37.3 Å². The topological polar surface area (TPSA) is 76.7 Å². The van der Waals surface area contributed by atoms with E-state index in [1.165, 1.54) is 0 Å². The largest absolute Gasteiger partial charge is 0.395 e. The summed E-state index contributed by atoms with van der Waals surface area (Å²) in [5, 5.41) is 9.64. The second-order valence-corrected chi connectivity index (χ2v) is 5.59. The van der Waals surface area contributed by atoms with Crippen LogP contribution in [0, 0.1) is 0 Å². The number of nitrogens with zero attached hydrogens (tertiary/aromatic N) is 3. The van der Waals surface area contributed by atoms with E-state index in [9.17, 15) is 9.59 Å². The molecule has 0 amide bonds. The Labute approximate surface area is 145 Å². The van der Waals surface area contributed by atoms with Crippen molar-refractivity contribution in [3.05, 3.63) is 45.1 Å². The Balaban J connectivity index is 0.00000208. The molecule has 1 aromatic heterocycles. The average molecular weight is 356 g/mol. The van der Waals surface area contributed by atoms with Gasteiger partial charge in [-0.25, -0.2) is 4.79 Å². The van der Waals surface area contributed by atoms with Gasteiger partial charge in [-0.05, 0) is 12.1 Å². The fraction of sp³-hybridized carbons (Fsp3) is 0.500. The summed E-state index contributed by atoms with van der Waals surface area (Å²) in [6.45, 7) is 4.12. The summed E-state index contributed by atoms with van der Waals surface area (Å²) in [5.74, 6) is 0. The van der Waals surface area contributed by atoms with Crippen LogP contribution in [0.15, 0.2) is 33.9 Å². The molecule has 0 aliphatic carbocycles. The quantitative estimate of drug-likeness (QED) is 0.811. The number of morpholine rings is 1. The molecule has 0 bridgehead atoms. The summed E-state index contributed by atoms with van der Waals surface area (Å²) in [4.78, 5) is 27.3. The van der Waals surface area contributed by atoms with Gasteiger partial charge in [-0.3, -0.25) is 18.8 Å². The van der Waals surface area contributed by atoms with Gasteiger partial charge in [0.1, 0.15) is 0 Å². The molecule has 0 saturated carbocycles. The lowest BCUT2D eigenvalue weighted by Crippen LogP contribution is -2.44. The monoisotopic (exact) mass is 355 g/mol. The molecular weight excluding hydrogens is 334 g/mol. The van der Waals surface area contributed by atoms with Gasteiger partial charge in [0.25, 0.3) is 5.56 Å². The predicted octanol–water partition coefficient (Wildman–Crippen LogP) is -0.0905. The SMILES string of the molecule is Cl.O=c1c2ccccc2n(CCN2CCOCC2)c(=O)n1CCO. The minimum atomic E-state index is -0.365. The van der Waals surface area contributed by atoms with Gasteiger partial charge in [-0.1, -0.05) is 12.1 Å².